The molecule has 0 heterocycles. The Morgan fingerprint density at radius 1 is 1.42 bits per heavy atom. The largest absolute Gasteiger partial charge is 0.493 e. The molecule has 0 radical (unpaired) electrons. The van der Waals surface area contributed by atoms with Gasteiger partial charge in [-0.3, -0.25) is 5.32 Å². The van der Waals surface area contributed by atoms with E-state index in [2.05, 4.69) is 37.4 Å². The van der Waals surface area contributed by atoms with Crippen LogP contribution in [0.4, 0.5) is 0 Å². The summed E-state index contributed by atoms with van der Waals surface area (Å²) < 4.78 is 5.75. The molecule has 1 atom stereocenters. The Morgan fingerprint density at radius 2 is 2.16 bits per heavy atom. The molecule has 0 fully saturated rings. The Labute approximate surface area is 116 Å². The molecule has 1 rings (SSSR count). The van der Waals surface area contributed by atoms with Crippen molar-refractivity contribution in [3.8, 4) is 11.8 Å². The molecule has 0 aromatic heterocycles. The van der Waals surface area contributed by atoms with Gasteiger partial charge in [-0.25, -0.2) is 0 Å². The van der Waals surface area contributed by atoms with E-state index in [-0.39, 0.29) is 0 Å². The van der Waals surface area contributed by atoms with Crippen molar-refractivity contribution in [3.05, 3.63) is 29.8 Å². The summed E-state index contributed by atoms with van der Waals surface area (Å²) in [5.74, 6) is 1.37. The van der Waals surface area contributed by atoms with Gasteiger partial charge in [0.2, 0.25) is 0 Å². The maximum Gasteiger partial charge on any atom is 0.119 e. The first kappa shape index (κ1) is 15.5. The lowest BCUT2D eigenvalue weighted by Gasteiger charge is -2.22. The molecule has 0 spiro atoms. The second kappa shape index (κ2) is 7.16. The molecule has 104 valence electrons. The van der Waals surface area contributed by atoms with Gasteiger partial charge in [0.15, 0.2) is 0 Å². The zero-order chi connectivity index (χ0) is 14.3. The summed E-state index contributed by atoms with van der Waals surface area (Å²) in [5, 5.41) is 12.3. The van der Waals surface area contributed by atoms with Gasteiger partial charge >= 0.3 is 0 Å². The first-order chi connectivity index (χ1) is 9.00. The highest BCUT2D eigenvalue weighted by Crippen LogP contribution is 2.20. The standard InChI is InChI=1S/C16H24N2O/c1-5-18-16(4,12-17)9-10-19-15-8-6-7-14(11-15)13(2)3/h6-8,11,13,18H,5,9-10H2,1-4H3. The van der Waals surface area contributed by atoms with Crippen molar-refractivity contribution in [2.24, 2.45) is 0 Å². The Kier molecular flexibility index (Phi) is 5.85. The molecule has 3 nitrogen and oxygen atoms in total. The highest BCUT2D eigenvalue weighted by Gasteiger charge is 2.21. The Hall–Kier alpha value is -1.53. The summed E-state index contributed by atoms with van der Waals surface area (Å²) >= 11 is 0. The van der Waals surface area contributed by atoms with Gasteiger partial charge in [0.25, 0.3) is 0 Å². The third kappa shape index (κ3) is 4.92. The monoisotopic (exact) mass is 260 g/mol. The van der Waals surface area contributed by atoms with Crippen LogP contribution in [0.2, 0.25) is 0 Å². The van der Waals surface area contributed by atoms with E-state index in [1.807, 2.05) is 26.0 Å². The van der Waals surface area contributed by atoms with Crippen LogP contribution in [0, 0.1) is 11.3 Å². The second-order valence-electron chi connectivity index (χ2n) is 5.30. The average molecular weight is 260 g/mol. The number of benzene rings is 1. The molecule has 0 aliphatic heterocycles. The number of rotatable bonds is 7. The minimum atomic E-state index is -0.510. The molecular weight excluding hydrogens is 236 g/mol. The summed E-state index contributed by atoms with van der Waals surface area (Å²) in [5.41, 5.74) is 0.761. The number of nitrogens with one attached hydrogen (secondary N) is 1. The highest BCUT2D eigenvalue weighted by molar-refractivity contribution is 5.30. The van der Waals surface area contributed by atoms with E-state index in [1.165, 1.54) is 5.56 Å². The number of hydrogen-bond donors (Lipinski definition) is 1. The zero-order valence-electron chi connectivity index (χ0n) is 12.4. The number of nitrogens with zero attached hydrogens (tertiary/aromatic N) is 1. The number of hydrogen-bond acceptors (Lipinski definition) is 3. The number of nitriles is 1. The van der Waals surface area contributed by atoms with Crippen molar-refractivity contribution in [2.75, 3.05) is 13.2 Å². The van der Waals surface area contributed by atoms with Crippen LogP contribution in [0.3, 0.4) is 0 Å². The summed E-state index contributed by atoms with van der Waals surface area (Å²) in [7, 11) is 0. The fourth-order valence-electron chi connectivity index (χ4n) is 1.91. The maximum atomic E-state index is 9.16. The second-order valence-corrected chi connectivity index (χ2v) is 5.30. The van der Waals surface area contributed by atoms with Crippen LogP contribution < -0.4 is 10.1 Å². The smallest absolute Gasteiger partial charge is 0.119 e. The summed E-state index contributed by atoms with van der Waals surface area (Å²) in [6.45, 7) is 9.56. The lowest BCUT2D eigenvalue weighted by molar-refractivity contribution is 0.268. The molecule has 1 N–H and O–H groups in total. The van der Waals surface area contributed by atoms with Crippen molar-refractivity contribution in [1.82, 2.24) is 5.32 Å². The van der Waals surface area contributed by atoms with Gasteiger partial charge in [0.05, 0.1) is 12.7 Å². The van der Waals surface area contributed by atoms with Crippen LogP contribution in [0.15, 0.2) is 24.3 Å². The van der Waals surface area contributed by atoms with Gasteiger partial charge in [-0.05, 0) is 37.1 Å². The third-order valence-corrected chi connectivity index (χ3v) is 3.21. The normalized spacial score (nSPS) is 13.9. The van der Waals surface area contributed by atoms with Crippen molar-refractivity contribution in [3.63, 3.8) is 0 Å². The summed E-state index contributed by atoms with van der Waals surface area (Å²) in [6.07, 6.45) is 0.670. The first-order valence-electron chi connectivity index (χ1n) is 6.90. The van der Waals surface area contributed by atoms with Gasteiger partial charge in [-0.2, -0.15) is 5.26 Å². The van der Waals surface area contributed by atoms with E-state index in [1.54, 1.807) is 0 Å². The van der Waals surface area contributed by atoms with E-state index in [0.717, 1.165) is 12.3 Å². The topological polar surface area (TPSA) is 45.0 Å². The average Bonchev–Trinajstić information content (AvgIpc) is 2.39. The van der Waals surface area contributed by atoms with E-state index in [0.29, 0.717) is 18.9 Å². The van der Waals surface area contributed by atoms with Crippen LogP contribution in [-0.4, -0.2) is 18.7 Å². The molecule has 1 unspecified atom stereocenters. The van der Waals surface area contributed by atoms with Gasteiger partial charge in [-0.1, -0.05) is 32.9 Å². The molecule has 1 aromatic carbocycles. The van der Waals surface area contributed by atoms with Crippen molar-refractivity contribution in [1.29, 1.82) is 5.26 Å². The van der Waals surface area contributed by atoms with Crippen molar-refractivity contribution in [2.45, 2.75) is 45.6 Å². The molecule has 0 saturated carbocycles. The Balaban J connectivity index is 2.53. The van der Waals surface area contributed by atoms with Gasteiger partial charge in [-0.15, -0.1) is 0 Å². The number of ether oxygens (including phenoxy) is 1. The lowest BCUT2D eigenvalue weighted by Crippen LogP contribution is -2.42. The molecule has 1 aromatic rings. The van der Waals surface area contributed by atoms with Crippen LogP contribution in [0.25, 0.3) is 0 Å². The van der Waals surface area contributed by atoms with E-state index in [4.69, 9.17) is 10.00 Å². The van der Waals surface area contributed by atoms with Crippen LogP contribution in [-0.2, 0) is 0 Å². The maximum absolute atomic E-state index is 9.16. The Bertz CT molecular complexity index is 437. The molecule has 0 saturated heterocycles. The van der Waals surface area contributed by atoms with E-state index >= 15 is 0 Å². The van der Waals surface area contributed by atoms with Crippen molar-refractivity contribution >= 4 is 0 Å². The highest BCUT2D eigenvalue weighted by atomic mass is 16.5. The van der Waals surface area contributed by atoms with Gasteiger partial charge < -0.3 is 4.74 Å². The van der Waals surface area contributed by atoms with Crippen LogP contribution >= 0.6 is 0 Å². The Morgan fingerprint density at radius 3 is 2.74 bits per heavy atom. The first-order valence-corrected chi connectivity index (χ1v) is 6.90. The fraction of sp³-hybridized carbons (Fsp3) is 0.562. The van der Waals surface area contributed by atoms with E-state index in [9.17, 15) is 0 Å². The molecular formula is C16H24N2O. The third-order valence-electron chi connectivity index (χ3n) is 3.21. The van der Waals surface area contributed by atoms with Crippen LogP contribution in [0.5, 0.6) is 5.75 Å². The predicted octanol–water partition coefficient (Wildman–Crippen LogP) is 3.47. The lowest BCUT2D eigenvalue weighted by atomic mass is 10.0. The molecule has 19 heavy (non-hydrogen) atoms. The van der Waals surface area contributed by atoms with E-state index < -0.39 is 5.54 Å². The van der Waals surface area contributed by atoms with Gasteiger partial charge in [0.1, 0.15) is 11.3 Å². The quantitative estimate of drug-likeness (QED) is 0.816. The van der Waals surface area contributed by atoms with Crippen LogP contribution in [0.1, 0.15) is 45.6 Å². The summed E-state index contributed by atoms with van der Waals surface area (Å²) in [6, 6.07) is 10.5. The summed E-state index contributed by atoms with van der Waals surface area (Å²) in [4.78, 5) is 0. The minimum Gasteiger partial charge on any atom is -0.493 e. The SMILES string of the molecule is CCNC(C)(C#N)CCOc1cccc(C(C)C)c1. The minimum absolute atomic E-state index is 0.495. The molecule has 3 heteroatoms. The zero-order valence-corrected chi connectivity index (χ0v) is 12.4. The molecule has 0 bridgehead atoms. The van der Waals surface area contributed by atoms with Crippen molar-refractivity contribution < 1.29 is 4.74 Å². The fourth-order valence-corrected chi connectivity index (χ4v) is 1.91. The molecule has 0 amide bonds. The molecule has 0 aliphatic rings. The predicted molar refractivity (Wildman–Crippen MR) is 78.3 cm³/mol. The molecule has 0 aliphatic carbocycles. The van der Waals surface area contributed by atoms with Gasteiger partial charge in [0, 0.05) is 6.42 Å².